The van der Waals surface area contributed by atoms with Gasteiger partial charge in [-0.25, -0.2) is 4.68 Å². The molecule has 0 saturated heterocycles. The normalized spacial score (nSPS) is 11.0. The van der Waals surface area contributed by atoms with Crippen LogP contribution < -0.4 is 4.74 Å². The summed E-state index contributed by atoms with van der Waals surface area (Å²) in [6.45, 7) is 2.03. The first-order valence-corrected chi connectivity index (χ1v) is 8.33. The number of ether oxygens (including phenoxy) is 1. The van der Waals surface area contributed by atoms with E-state index in [0.29, 0.717) is 0 Å². The number of hydrogen-bond acceptors (Lipinski definition) is 3. The maximum Gasteiger partial charge on any atom is 0.224 e. The summed E-state index contributed by atoms with van der Waals surface area (Å²) in [5.74, 6) is 0.775. The van der Waals surface area contributed by atoms with Crippen molar-refractivity contribution in [1.82, 2.24) is 9.78 Å². The smallest absolute Gasteiger partial charge is 0.224 e. The SMILES string of the molecule is COc1c(-c2csc3ccccc23)c(C)nn1-c1ccccc1. The molecule has 4 rings (SSSR count). The zero-order chi connectivity index (χ0) is 15.8. The summed E-state index contributed by atoms with van der Waals surface area (Å²) < 4.78 is 8.88. The highest BCUT2D eigenvalue weighted by Crippen LogP contribution is 2.41. The van der Waals surface area contributed by atoms with Gasteiger partial charge in [0.1, 0.15) is 0 Å². The number of methoxy groups -OCH3 is 1. The van der Waals surface area contributed by atoms with Gasteiger partial charge in [0, 0.05) is 21.0 Å². The first-order valence-electron chi connectivity index (χ1n) is 7.45. The number of thiophene rings is 1. The molecule has 0 radical (unpaired) electrons. The number of fused-ring (bicyclic) bond motifs is 1. The van der Waals surface area contributed by atoms with Crippen molar-refractivity contribution in [3.8, 4) is 22.7 Å². The van der Waals surface area contributed by atoms with Gasteiger partial charge in [-0.2, -0.15) is 5.10 Å². The van der Waals surface area contributed by atoms with Crippen LogP contribution >= 0.6 is 11.3 Å². The maximum absolute atomic E-state index is 5.73. The topological polar surface area (TPSA) is 27.1 Å². The van der Waals surface area contributed by atoms with Gasteiger partial charge in [0.05, 0.1) is 24.1 Å². The third-order valence-corrected chi connectivity index (χ3v) is 4.93. The van der Waals surface area contributed by atoms with E-state index in [2.05, 4.69) is 29.6 Å². The van der Waals surface area contributed by atoms with Gasteiger partial charge in [0.15, 0.2) is 0 Å². The molecule has 0 spiro atoms. The van der Waals surface area contributed by atoms with Crippen LogP contribution in [0.1, 0.15) is 5.69 Å². The molecule has 0 aliphatic carbocycles. The summed E-state index contributed by atoms with van der Waals surface area (Å²) in [4.78, 5) is 0. The molecule has 114 valence electrons. The molecule has 0 saturated carbocycles. The number of rotatable bonds is 3. The number of aromatic nitrogens is 2. The Morgan fingerprint density at radius 3 is 2.52 bits per heavy atom. The Labute approximate surface area is 138 Å². The molecule has 0 atom stereocenters. The molecule has 0 aliphatic heterocycles. The first-order chi connectivity index (χ1) is 11.3. The number of nitrogens with zero attached hydrogens (tertiary/aromatic N) is 2. The van der Waals surface area contributed by atoms with Crippen LogP contribution in [0.4, 0.5) is 0 Å². The maximum atomic E-state index is 5.73. The molecule has 0 bridgehead atoms. The summed E-state index contributed by atoms with van der Waals surface area (Å²) in [5, 5.41) is 8.14. The quantitative estimate of drug-likeness (QED) is 0.527. The van der Waals surface area contributed by atoms with E-state index in [0.717, 1.165) is 22.8 Å². The molecule has 0 N–H and O–H groups in total. The molecule has 2 heterocycles. The van der Waals surface area contributed by atoms with E-state index in [1.807, 2.05) is 41.9 Å². The lowest BCUT2D eigenvalue weighted by molar-refractivity contribution is 0.385. The average Bonchev–Trinajstić information content (AvgIpc) is 3.16. The van der Waals surface area contributed by atoms with Crippen LogP contribution in [0.3, 0.4) is 0 Å². The lowest BCUT2D eigenvalue weighted by atomic mass is 10.1. The van der Waals surface area contributed by atoms with Gasteiger partial charge in [-0.05, 0) is 25.1 Å². The largest absolute Gasteiger partial charge is 0.480 e. The molecule has 0 unspecified atom stereocenters. The Hall–Kier alpha value is -2.59. The van der Waals surface area contributed by atoms with Gasteiger partial charge in [-0.3, -0.25) is 0 Å². The molecule has 0 amide bonds. The Bertz CT molecular complexity index is 970. The highest BCUT2D eigenvalue weighted by Gasteiger charge is 2.21. The van der Waals surface area contributed by atoms with Crippen molar-refractivity contribution in [2.75, 3.05) is 7.11 Å². The minimum absolute atomic E-state index is 0.775. The van der Waals surface area contributed by atoms with E-state index >= 15 is 0 Å². The van der Waals surface area contributed by atoms with Crippen molar-refractivity contribution in [2.45, 2.75) is 6.92 Å². The molecule has 2 aromatic heterocycles. The zero-order valence-corrected chi connectivity index (χ0v) is 13.8. The average molecular weight is 320 g/mol. The number of hydrogen-bond donors (Lipinski definition) is 0. The second-order valence-electron chi connectivity index (χ2n) is 5.36. The van der Waals surface area contributed by atoms with Gasteiger partial charge in [0.25, 0.3) is 0 Å². The van der Waals surface area contributed by atoms with Crippen molar-refractivity contribution in [3.05, 3.63) is 65.7 Å². The van der Waals surface area contributed by atoms with Crippen molar-refractivity contribution in [2.24, 2.45) is 0 Å². The van der Waals surface area contributed by atoms with Crippen LogP contribution in [0.15, 0.2) is 60.0 Å². The molecule has 2 aromatic carbocycles. The van der Waals surface area contributed by atoms with E-state index in [1.165, 1.54) is 15.6 Å². The summed E-state index contributed by atoms with van der Waals surface area (Å²) in [5.41, 5.74) is 4.21. The van der Waals surface area contributed by atoms with E-state index in [4.69, 9.17) is 9.84 Å². The zero-order valence-electron chi connectivity index (χ0n) is 13.0. The summed E-state index contributed by atoms with van der Waals surface area (Å²) in [6, 6.07) is 18.5. The predicted octanol–water partition coefficient (Wildman–Crippen LogP) is 5.07. The first kappa shape index (κ1) is 14.0. The molecular weight excluding hydrogens is 304 g/mol. The van der Waals surface area contributed by atoms with Gasteiger partial charge in [-0.15, -0.1) is 11.3 Å². The van der Waals surface area contributed by atoms with E-state index in [9.17, 15) is 0 Å². The van der Waals surface area contributed by atoms with Crippen molar-refractivity contribution in [3.63, 3.8) is 0 Å². The highest BCUT2D eigenvalue weighted by molar-refractivity contribution is 7.17. The molecule has 4 heteroatoms. The Balaban J connectivity index is 1.98. The monoisotopic (exact) mass is 320 g/mol. The van der Waals surface area contributed by atoms with E-state index in [1.54, 1.807) is 18.4 Å². The molecule has 0 fully saturated rings. The fourth-order valence-electron chi connectivity index (χ4n) is 2.92. The standard InChI is InChI=1S/C19H16N2OS/c1-13-18(16-12-23-17-11-7-6-10-15(16)17)19(22-2)21(20-13)14-8-4-3-5-9-14/h3-12H,1-2H3. The van der Waals surface area contributed by atoms with Gasteiger partial charge in [0.2, 0.25) is 5.88 Å². The van der Waals surface area contributed by atoms with Gasteiger partial charge >= 0.3 is 0 Å². The van der Waals surface area contributed by atoms with Crippen LogP contribution in [0.5, 0.6) is 5.88 Å². The molecule has 4 aromatic rings. The van der Waals surface area contributed by atoms with Crippen LogP contribution in [0.2, 0.25) is 0 Å². The van der Waals surface area contributed by atoms with E-state index in [-0.39, 0.29) is 0 Å². The van der Waals surface area contributed by atoms with Gasteiger partial charge in [-0.1, -0.05) is 36.4 Å². The Morgan fingerprint density at radius 2 is 1.74 bits per heavy atom. The Kier molecular flexibility index (Phi) is 3.39. The number of para-hydroxylation sites is 1. The second kappa shape index (κ2) is 5.56. The Morgan fingerprint density at radius 1 is 1.00 bits per heavy atom. The number of aryl methyl sites for hydroxylation is 1. The molecular formula is C19H16N2OS. The fourth-order valence-corrected chi connectivity index (χ4v) is 3.87. The summed E-state index contributed by atoms with van der Waals surface area (Å²) >= 11 is 1.75. The summed E-state index contributed by atoms with van der Waals surface area (Å²) in [6.07, 6.45) is 0. The third-order valence-electron chi connectivity index (χ3n) is 3.96. The number of benzene rings is 2. The van der Waals surface area contributed by atoms with Crippen LogP contribution in [0, 0.1) is 6.92 Å². The minimum Gasteiger partial charge on any atom is -0.480 e. The van der Waals surface area contributed by atoms with Gasteiger partial charge < -0.3 is 4.74 Å². The van der Waals surface area contributed by atoms with Crippen LogP contribution in [0.25, 0.3) is 26.9 Å². The van der Waals surface area contributed by atoms with Crippen molar-refractivity contribution >= 4 is 21.4 Å². The third kappa shape index (κ3) is 2.23. The lowest BCUT2D eigenvalue weighted by Gasteiger charge is -2.08. The van der Waals surface area contributed by atoms with Crippen LogP contribution in [-0.4, -0.2) is 16.9 Å². The fraction of sp³-hybridized carbons (Fsp3) is 0.105. The van der Waals surface area contributed by atoms with E-state index < -0.39 is 0 Å². The van der Waals surface area contributed by atoms with Crippen LogP contribution in [-0.2, 0) is 0 Å². The highest BCUT2D eigenvalue weighted by atomic mass is 32.1. The molecule has 23 heavy (non-hydrogen) atoms. The van der Waals surface area contributed by atoms with Crippen molar-refractivity contribution < 1.29 is 4.74 Å². The minimum atomic E-state index is 0.775. The second-order valence-corrected chi connectivity index (χ2v) is 6.27. The lowest BCUT2D eigenvalue weighted by Crippen LogP contribution is -1.99. The summed E-state index contributed by atoms with van der Waals surface area (Å²) in [7, 11) is 1.70. The predicted molar refractivity (Wildman–Crippen MR) is 95.7 cm³/mol. The molecule has 3 nitrogen and oxygen atoms in total. The molecule has 0 aliphatic rings. The van der Waals surface area contributed by atoms with Crippen molar-refractivity contribution in [1.29, 1.82) is 0 Å².